The minimum Gasteiger partial charge on any atom is -0.481 e. The fraction of sp³-hybridized carbons (Fsp3) is 0.176. The summed E-state index contributed by atoms with van der Waals surface area (Å²) in [5.74, 6) is -1.36. The van der Waals surface area contributed by atoms with Crippen LogP contribution in [0.5, 0.6) is 0 Å². The van der Waals surface area contributed by atoms with E-state index in [1.165, 1.54) is 6.92 Å². The summed E-state index contributed by atoms with van der Waals surface area (Å²) in [6.07, 6.45) is -0.759. The molecular formula is C17H14O4. The summed E-state index contributed by atoms with van der Waals surface area (Å²) in [4.78, 5) is 24.3. The Morgan fingerprint density at radius 3 is 2.76 bits per heavy atom. The second kappa shape index (κ2) is 4.74. The summed E-state index contributed by atoms with van der Waals surface area (Å²) < 4.78 is 68.5. The van der Waals surface area contributed by atoms with Crippen molar-refractivity contribution in [3.63, 3.8) is 0 Å². The van der Waals surface area contributed by atoms with E-state index in [-0.39, 0.29) is 16.7 Å². The third kappa shape index (κ3) is 2.09. The van der Waals surface area contributed by atoms with E-state index in [1.807, 2.05) is 0 Å². The Hall–Kier alpha value is -2.62. The molecule has 21 heavy (non-hydrogen) atoms. The Morgan fingerprint density at radius 1 is 1.29 bits per heavy atom. The number of fused-ring (bicyclic) bond motifs is 2. The fourth-order valence-corrected chi connectivity index (χ4v) is 2.07. The van der Waals surface area contributed by atoms with Crippen LogP contribution in [0, 0.1) is 13.8 Å². The lowest BCUT2D eigenvalue weighted by Crippen LogP contribution is -2.06. The molecule has 0 saturated carbocycles. The normalized spacial score (nSPS) is 17.2. The SMILES string of the molecule is [2H]c1c([2H])c([2H])c2c(=O)c3c([2H])c([2H])c(C([2H])([2H])[2H])c(C)c3oc2c1CC(=O)O. The third-order valence-electron chi connectivity index (χ3n) is 3.14. The van der Waals surface area contributed by atoms with Gasteiger partial charge in [0.1, 0.15) is 11.2 Å². The van der Waals surface area contributed by atoms with Crippen LogP contribution in [0.15, 0.2) is 39.4 Å². The Morgan fingerprint density at radius 2 is 2.05 bits per heavy atom. The average molecular weight is 290 g/mol. The minimum atomic E-state index is -2.77. The third-order valence-corrected chi connectivity index (χ3v) is 3.14. The second-order valence-electron chi connectivity index (χ2n) is 4.51. The van der Waals surface area contributed by atoms with Gasteiger partial charge in [-0.25, -0.2) is 0 Å². The first-order chi connectivity index (χ1) is 13.3. The molecule has 0 unspecified atom stereocenters. The van der Waals surface area contributed by atoms with Gasteiger partial charge in [0.25, 0.3) is 0 Å². The van der Waals surface area contributed by atoms with Crippen LogP contribution in [0.25, 0.3) is 21.9 Å². The van der Waals surface area contributed by atoms with Gasteiger partial charge in [-0.05, 0) is 37.0 Å². The Kier molecular flexibility index (Phi) is 1.55. The molecule has 3 rings (SSSR count). The number of hydrogen-bond acceptors (Lipinski definition) is 3. The van der Waals surface area contributed by atoms with Crippen molar-refractivity contribution in [2.45, 2.75) is 20.2 Å². The average Bonchev–Trinajstić information content (AvgIpc) is 2.59. The molecular weight excluding hydrogens is 268 g/mol. The molecule has 0 aliphatic carbocycles. The van der Waals surface area contributed by atoms with Gasteiger partial charge in [-0.2, -0.15) is 0 Å². The largest absolute Gasteiger partial charge is 0.481 e. The van der Waals surface area contributed by atoms with Crippen LogP contribution in [0.3, 0.4) is 0 Å². The summed E-state index contributed by atoms with van der Waals surface area (Å²) in [5, 5.41) is 8.23. The number of aryl methyl sites for hydroxylation is 1. The van der Waals surface area contributed by atoms with Crippen molar-refractivity contribution in [1.29, 1.82) is 0 Å². The lowest BCUT2D eigenvalue weighted by Gasteiger charge is -2.08. The zero-order valence-corrected chi connectivity index (χ0v) is 10.9. The number of carbonyl (C=O) groups is 1. The maximum absolute atomic E-state index is 13.1. The van der Waals surface area contributed by atoms with Crippen molar-refractivity contribution in [1.82, 2.24) is 0 Å². The van der Waals surface area contributed by atoms with E-state index in [2.05, 4.69) is 0 Å². The highest BCUT2D eigenvalue weighted by molar-refractivity contribution is 5.93. The minimum absolute atomic E-state index is 0.0886. The van der Waals surface area contributed by atoms with E-state index in [1.54, 1.807) is 0 Å². The molecule has 1 aromatic heterocycles. The Bertz CT molecular complexity index is 1270. The number of carboxylic acid groups (broad SMARTS) is 1. The predicted octanol–water partition coefficient (Wildman–Crippen LogP) is 3.19. The van der Waals surface area contributed by atoms with Crippen molar-refractivity contribution >= 4 is 27.9 Å². The number of rotatable bonds is 2. The van der Waals surface area contributed by atoms with Crippen LogP contribution in [0.4, 0.5) is 0 Å². The van der Waals surface area contributed by atoms with Gasteiger partial charge in [-0.1, -0.05) is 18.1 Å². The highest BCUT2D eigenvalue weighted by Gasteiger charge is 2.14. The van der Waals surface area contributed by atoms with Crippen molar-refractivity contribution < 1.29 is 25.3 Å². The van der Waals surface area contributed by atoms with Crippen molar-refractivity contribution in [3.8, 4) is 0 Å². The zero-order valence-electron chi connectivity index (χ0n) is 18.9. The monoisotopic (exact) mass is 290 g/mol. The van der Waals surface area contributed by atoms with E-state index in [4.69, 9.17) is 20.5 Å². The molecule has 0 aliphatic rings. The highest BCUT2D eigenvalue weighted by Crippen LogP contribution is 2.25. The molecule has 0 atom stereocenters. The summed E-state index contributed by atoms with van der Waals surface area (Å²) in [6.45, 7) is -1.47. The van der Waals surface area contributed by atoms with Crippen LogP contribution in [-0.2, 0) is 11.2 Å². The van der Waals surface area contributed by atoms with Crippen molar-refractivity contribution in [2.24, 2.45) is 0 Å². The molecule has 2 aromatic carbocycles. The fourth-order valence-electron chi connectivity index (χ4n) is 2.07. The van der Waals surface area contributed by atoms with Gasteiger partial charge in [-0.3, -0.25) is 9.59 Å². The van der Waals surface area contributed by atoms with Crippen LogP contribution < -0.4 is 5.43 Å². The summed E-state index contributed by atoms with van der Waals surface area (Å²) in [6, 6.07) is -3.31. The molecule has 0 radical (unpaired) electrons. The highest BCUT2D eigenvalue weighted by atomic mass is 16.4. The molecule has 106 valence electrons. The van der Waals surface area contributed by atoms with Gasteiger partial charge >= 0.3 is 5.97 Å². The van der Waals surface area contributed by atoms with Gasteiger partial charge in [0, 0.05) is 9.68 Å². The van der Waals surface area contributed by atoms with E-state index in [0.717, 1.165) is 0 Å². The van der Waals surface area contributed by atoms with E-state index < -0.39 is 76.8 Å². The molecule has 0 fully saturated rings. The zero-order chi connectivity index (χ0) is 22.0. The van der Waals surface area contributed by atoms with Crippen molar-refractivity contribution in [3.05, 3.63) is 57.1 Å². The van der Waals surface area contributed by atoms with Crippen LogP contribution >= 0.6 is 0 Å². The topological polar surface area (TPSA) is 67.5 Å². The number of benzene rings is 2. The molecule has 1 heterocycles. The second-order valence-corrected chi connectivity index (χ2v) is 4.51. The maximum Gasteiger partial charge on any atom is 0.307 e. The lowest BCUT2D eigenvalue weighted by molar-refractivity contribution is -0.136. The molecule has 0 saturated heterocycles. The van der Waals surface area contributed by atoms with Crippen LogP contribution in [0.1, 0.15) is 27.7 Å². The molecule has 3 aromatic rings. The van der Waals surface area contributed by atoms with Crippen LogP contribution in [-0.4, -0.2) is 11.1 Å². The summed E-state index contributed by atoms with van der Waals surface area (Å²) >= 11 is 0. The number of aliphatic carboxylic acids is 1. The quantitative estimate of drug-likeness (QED) is 0.736. The van der Waals surface area contributed by atoms with Gasteiger partial charge < -0.3 is 9.52 Å². The lowest BCUT2D eigenvalue weighted by atomic mass is 10.0. The summed E-state index contributed by atoms with van der Waals surface area (Å²) in [7, 11) is 0. The Balaban J connectivity index is 2.69. The molecule has 4 nitrogen and oxygen atoms in total. The van der Waals surface area contributed by atoms with Gasteiger partial charge in [0.05, 0.1) is 24.0 Å². The first-order valence-corrected chi connectivity index (χ1v) is 6.00. The Labute approximate surface area is 131 Å². The van der Waals surface area contributed by atoms with Gasteiger partial charge in [-0.15, -0.1) is 0 Å². The van der Waals surface area contributed by atoms with E-state index >= 15 is 0 Å². The summed E-state index contributed by atoms with van der Waals surface area (Å²) in [5.41, 5.74) is -2.56. The predicted molar refractivity (Wildman–Crippen MR) is 80.8 cm³/mol. The molecule has 4 heteroatoms. The van der Waals surface area contributed by atoms with Gasteiger partial charge in [0.2, 0.25) is 5.43 Å². The number of carboxylic acids is 1. The van der Waals surface area contributed by atoms with E-state index in [0.29, 0.717) is 0 Å². The molecule has 0 amide bonds. The standard InChI is InChI=1S/C17H14O4/c1-9-6-7-13-15(20)12-5-3-4-11(8-14(18)19)17(12)21-16(13)10(9)2/h3-7H,8H2,1-2H3,(H,18,19)/i1D3,3D,4D,5D,6D,7D. The number of hydrogen-bond donors (Lipinski definition) is 1. The van der Waals surface area contributed by atoms with Gasteiger partial charge in [0.15, 0.2) is 0 Å². The molecule has 0 aliphatic heterocycles. The smallest absolute Gasteiger partial charge is 0.307 e. The molecule has 1 N–H and O–H groups in total. The number of para-hydroxylation sites is 1. The van der Waals surface area contributed by atoms with Crippen molar-refractivity contribution in [2.75, 3.05) is 0 Å². The van der Waals surface area contributed by atoms with E-state index in [9.17, 15) is 9.59 Å². The van der Waals surface area contributed by atoms with Crippen LogP contribution in [0.2, 0.25) is 0 Å². The first kappa shape index (κ1) is 6.89. The first-order valence-electron chi connectivity index (χ1n) is 10.00. The molecule has 0 bridgehead atoms. The maximum atomic E-state index is 13.1. The molecule has 0 spiro atoms.